The minimum atomic E-state index is -3.28. The Kier molecular flexibility index (Phi) is 5.50. The fraction of sp³-hybridized carbons (Fsp3) is 0.300. The lowest BCUT2D eigenvalue weighted by atomic mass is 10.2. The maximum absolute atomic E-state index is 11.5. The first kappa shape index (κ1) is 19.4. The number of hydrogen-bond donors (Lipinski definition) is 1. The molecule has 152 valence electrons. The van der Waals surface area contributed by atoms with Crippen LogP contribution in [0.25, 0.3) is 5.69 Å². The third-order valence-corrected chi connectivity index (χ3v) is 5.44. The van der Waals surface area contributed by atoms with E-state index in [-0.39, 0.29) is 0 Å². The number of aromatic nitrogens is 3. The average molecular weight is 413 g/mol. The first-order valence-corrected chi connectivity index (χ1v) is 11.4. The summed E-state index contributed by atoms with van der Waals surface area (Å²) in [6.07, 6.45) is 3.13. The first-order valence-electron chi connectivity index (χ1n) is 9.48. The van der Waals surface area contributed by atoms with Crippen LogP contribution in [0.15, 0.2) is 60.8 Å². The molecule has 0 bridgehead atoms. The summed E-state index contributed by atoms with van der Waals surface area (Å²) in [6.45, 7) is 4.31. The molecule has 2 heterocycles. The van der Waals surface area contributed by atoms with Crippen molar-refractivity contribution in [2.24, 2.45) is 0 Å². The molecule has 1 aromatic heterocycles. The van der Waals surface area contributed by atoms with Crippen LogP contribution in [0.2, 0.25) is 0 Å². The van der Waals surface area contributed by atoms with Gasteiger partial charge in [0.2, 0.25) is 10.0 Å². The molecule has 0 spiro atoms. The molecule has 1 saturated heterocycles. The number of sulfonamides is 1. The van der Waals surface area contributed by atoms with E-state index in [1.807, 2.05) is 54.7 Å². The number of benzene rings is 2. The maximum atomic E-state index is 11.5. The van der Waals surface area contributed by atoms with Crippen molar-refractivity contribution in [3.8, 4) is 5.69 Å². The van der Waals surface area contributed by atoms with Gasteiger partial charge in [-0.15, -0.1) is 5.10 Å². The molecule has 9 heteroatoms. The second-order valence-electron chi connectivity index (χ2n) is 7.18. The molecule has 1 fully saturated rings. The van der Waals surface area contributed by atoms with Gasteiger partial charge >= 0.3 is 0 Å². The lowest BCUT2D eigenvalue weighted by molar-refractivity contribution is 0.247. The Morgan fingerprint density at radius 1 is 0.966 bits per heavy atom. The van der Waals surface area contributed by atoms with Crippen LogP contribution in [0.1, 0.15) is 5.69 Å². The Labute approximate surface area is 170 Å². The van der Waals surface area contributed by atoms with Gasteiger partial charge in [0, 0.05) is 38.4 Å². The zero-order valence-electron chi connectivity index (χ0n) is 16.3. The van der Waals surface area contributed by atoms with Crippen molar-refractivity contribution in [1.82, 2.24) is 19.9 Å². The molecule has 3 aromatic rings. The molecular weight excluding hydrogens is 388 g/mol. The van der Waals surface area contributed by atoms with E-state index in [1.165, 1.54) is 0 Å². The molecule has 1 N–H and O–H groups in total. The van der Waals surface area contributed by atoms with Crippen molar-refractivity contribution in [1.29, 1.82) is 0 Å². The molecular formula is C20H24N6O2S. The van der Waals surface area contributed by atoms with E-state index >= 15 is 0 Å². The second-order valence-corrected chi connectivity index (χ2v) is 8.93. The average Bonchev–Trinajstić information content (AvgIpc) is 3.17. The van der Waals surface area contributed by atoms with Crippen LogP contribution in [-0.2, 0) is 16.6 Å². The number of piperazine rings is 1. The Hall–Kier alpha value is -2.91. The van der Waals surface area contributed by atoms with E-state index in [1.54, 1.807) is 10.7 Å². The van der Waals surface area contributed by atoms with Crippen LogP contribution in [0, 0.1) is 0 Å². The van der Waals surface area contributed by atoms with Crippen LogP contribution in [0.4, 0.5) is 11.4 Å². The Balaban J connectivity index is 1.34. The van der Waals surface area contributed by atoms with Crippen molar-refractivity contribution >= 4 is 21.4 Å². The van der Waals surface area contributed by atoms with Crippen molar-refractivity contribution in [3.63, 3.8) is 0 Å². The minimum Gasteiger partial charge on any atom is -0.369 e. The summed E-state index contributed by atoms with van der Waals surface area (Å²) in [5.41, 5.74) is 3.55. The molecule has 0 radical (unpaired) electrons. The van der Waals surface area contributed by atoms with E-state index in [0.29, 0.717) is 5.69 Å². The van der Waals surface area contributed by atoms with Gasteiger partial charge in [-0.1, -0.05) is 29.5 Å². The van der Waals surface area contributed by atoms with E-state index < -0.39 is 10.0 Å². The normalized spacial score (nSPS) is 15.4. The van der Waals surface area contributed by atoms with Gasteiger partial charge in [-0.05, 0) is 30.3 Å². The molecule has 4 rings (SSSR count). The van der Waals surface area contributed by atoms with Crippen molar-refractivity contribution in [3.05, 3.63) is 66.5 Å². The Morgan fingerprint density at radius 2 is 1.69 bits per heavy atom. The minimum absolute atomic E-state index is 0.588. The zero-order valence-corrected chi connectivity index (χ0v) is 17.1. The molecule has 2 aromatic carbocycles. The third kappa shape index (κ3) is 5.12. The van der Waals surface area contributed by atoms with E-state index in [9.17, 15) is 8.42 Å². The van der Waals surface area contributed by atoms with Gasteiger partial charge in [-0.2, -0.15) is 0 Å². The molecule has 0 saturated carbocycles. The molecule has 0 aliphatic carbocycles. The summed E-state index contributed by atoms with van der Waals surface area (Å²) < 4.78 is 27.2. The Bertz CT molecular complexity index is 1060. The summed E-state index contributed by atoms with van der Waals surface area (Å²) in [5, 5.41) is 8.53. The number of nitrogens with zero attached hydrogens (tertiary/aromatic N) is 5. The van der Waals surface area contributed by atoms with Gasteiger partial charge in [0.1, 0.15) is 0 Å². The monoisotopic (exact) mass is 412 g/mol. The molecule has 1 aliphatic rings. The summed E-state index contributed by atoms with van der Waals surface area (Å²) in [4.78, 5) is 4.62. The van der Waals surface area contributed by atoms with Crippen LogP contribution in [-0.4, -0.2) is 60.7 Å². The SMILES string of the molecule is CS(=O)(=O)Nc1cccc(N2CCN(Cc3cn(-c4ccccc4)nn3)CC2)c1. The molecule has 0 amide bonds. The second kappa shape index (κ2) is 8.22. The molecule has 8 nitrogen and oxygen atoms in total. The summed E-state index contributed by atoms with van der Waals surface area (Å²) in [7, 11) is -3.28. The molecule has 0 unspecified atom stereocenters. The standard InChI is InChI=1S/C20H24N6O2S/c1-29(27,28)22-17-6-5-9-20(14-17)25-12-10-24(11-13-25)15-18-16-26(23-21-18)19-7-3-2-4-8-19/h2-9,14,16,22H,10-13,15H2,1H3. The third-order valence-electron chi connectivity index (χ3n) is 4.83. The fourth-order valence-electron chi connectivity index (χ4n) is 3.45. The van der Waals surface area contributed by atoms with Gasteiger partial charge in [0.15, 0.2) is 0 Å². The van der Waals surface area contributed by atoms with E-state index in [2.05, 4.69) is 24.8 Å². The van der Waals surface area contributed by atoms with E-state index in [0.717, 1.165) is 56.0 Å². The van der Waals surface area contributed by atoms with Crippen LogP contribution in [0.5, 0.6) is 0 Å². The fourth-order valence-corrected chi connectivity index (χ4v) is 4.01. The van der Waals surface area contributed by atoms with Gasteiger partial charge in [-0.3, -0.25) is 9.62 Å². The molecule has 29 heavy (non-hydrogen) atoms. The lowest BCUT2D eigenvalue weighted by Crippen LogP contribution is -2.46. The van der Waals surface area contributed by atoms with Crippen LogP contribution >= 0.6 is 0 Å². The summed E-state index contributed by atoms with van der Waals surface area (Å²) in [5.74, 6) is 0. The number of anilines is 2. The molecule has 0 atom stereocenters. The van der Waals surface area contributed by atoms with Crippen molar-refractivity contribution in [2.75, 3.05) is 42.1 Å². The summed E-state index contributed by atoms with van der Waals surface area (Å²) in [6, 6.07) is 17.5. The van der Waals surface area contributed by atoms with Gasteiger partial charge in [-0.25, -0.2) is 13.1 Å². The lowest BCUT2D eigenvalue weighted by Gasteiger charge is -2.35. The van der Waals surface area contributed by atoms with Crippen molar-refractivity contribution < 1.29 is 8.42 Å². The van der Waals surface area contributed by atoms with Gasteiger partial charge in [0.25, 0.3) is 0 Å². The van der Waals surface area contributed by atoms with Crippen LogP contribution < -0.4 is 9.62 Å². The van der Waals surface area contributed by atoms with Gasteiger partial charge < -0.3 is 4.90 Å². The first-order chi connectivity index (χ1) is 14.0. The number of nitrogens with one attached hydrogen (secondary N) is 1. The predicted octanol–water partition coefficient (Wildman–Crippen LogP) is 1.96. The number of para-hydroxylation sites is 1. The summed E-state index contributed by atoms with van der Waals surface area (Å²) >= 11 is 0. The van der Waals surface area contributed by atoms with Gasteiger partial charge in [0.05, 0.1) is 29.5 Å². The topological polar surface area (TPSA) is 83.4 Å². The zero-order chi connectivity index (χ0) is 20.3. The highest BCUT2D eigenvalue weighted by Gasteiger charge is 2.19. The largest absolute Gasteiger partial charge is 0.369 e. The maximum Gasteiger partial charge on any atom is 0.229 e. The highest BCUT2D eigenvalue weighted by atomic mass is 32.2. The van der Waals surface area contributed by atoms with E-state index in [4.69, 9.17) is 0 Å². The van der Waals surface area contributed by atoms with Crippen LogP contribution in [0.3, 0.4) is 0 Å². The number of rotatable bonds is 6. The van der Waals surface area contributed by atoms with Crippen molar-refractivity contribution in [2.45, 2.75) is 6.54 Å². The Morgan fingerprint density at radius 3 is 2.41 bits per heavy atom. The number of hydrogen-bond acceptors (Lipinski definition) is 6. The quantitative estimate of drug-likeness (QED) is 0.666. The smallest absolute Gasteiger partial charge is 0.229 e. The molecule has 1 aliphatic heterocycles. The predicted molar refractivity (Wildman–Crippen MR) is 114 cm³/mol. The highest BCUT2D eigenvalue weighted by Crippen LogP contribution is 2.22. The highest BCUT2D eigenvalue weighted by molar-refractivity contribution is 7.92.